The number of benzene rings is 1. The van der Waals surface area contributed by atoms with Gasteiger partial charge in [-0.1, -0.05) is 12.1 Å². The van der Waals surface area contributed by atoms with Crippen LogP contribution in [0.5, 0.6) is 0 Å². The average Bonchev–Trinajstić information content (AvgIpc) is 3.52. The van der Waals surface area contributed by atoms with Crippen molar-refractivity contribution in [1.29, 1.82) is 0 Å². The summed E-state index contributed by atoms with van der Waals surface area (Å²) in [7, 11) is 0. The highest BCUT2D eigenvalue weighted by Crippen LogP contribution is 2.40. The summed E-state index contributed by atoms with van der Waals surface area (Å²) in [5.41, 5.74) is 4.78. The van der Waals surface area contributed by atoms with Crippen molar-refractivity contribution in [2.24, 2.45) is 10.9 Å². The molecule has 0 spiro atoms. The highest BCUT2D eigenvalue weighted by Gasteiger charge is 2.36. The van der Waals surface area contributed by atoms with Crippen molar-refractivity contribution in [3.8, 4) is 5.00 Å². The molecule has 0 radical (unpaired) electrons. The van der Waals surface area contributed by atoms with E-state index < -0.39 is 17.9 Å². The number of anilines is 1. The van der Waals surface area contributed by atoms with Gasteiger partial charge in [0.1, 0.15) is 22.6 Å². The molecule has 0 aliphatic carbocycles. The van der Waals surface area contributed by atoms with Crippen LogP contribution in [-0.4, -0.2) is 31.6 Å². The van der Waals surface area contributed by atoms with E-state index in [2.05, 4.69) is 29.4 Å². The summed E-state index contributed by atoms with van der Waals surface area (Å²) in [5, 5.41) is 22.8. The molecule has 2 atom stereocenters. The number of carbonyl (C=O) groups is 1. The topological polar surface area (TPSA) is 106 Å². The molecule has 0 saturated carbocycles. The Hall–Kier alpha value is -3.72. The van der Waals surface area contributed by atoms with Crippen molar-refractivity contribution in [3.63, 3.8) is 0 Å². The number of aryl methyl sites for hydroxylation is 2. The number of fused-ring (bicyclic) bond motifs is 3. The van der Waals surface area contributed by atoms with E-state index in [1.807, 2.05) is 47.9 Å². The molecule has 3 aromatic heterocycles. The fourth-order valence-electron chi connectivity index (χ4n) is 4.17. The van der Waals surface area contributed by atoms with Gasteiger partial charge in [-0.15, -0.1) is 21.5 Å². The number of hydrogen-bond donors (Lipinski definition) is 2. The van der Waals surface area contributed by atoms with Crippen LogP contribution in [0.25, 0.3) is 5.00 Å². The zero-order valence-corrected chi connectivity index (χ0v) is 20.2. The van der Waals surface area contributed by atoms with Crippen LogP contribution in [0.3, 0.4) is 0 Å². The van der Waals surface area contributed by atoms with E-state index in [0.717, 1.165) is 38.9 Å². The zero-order valence-electron chi connectivity index (χ0n) is 19.4. The number of furan rings is 1. The second-order valence-electron chi connectivity index (χ2n) is 8.46. The average molecular weight is 476 g/mol. The Bertz CT molecular complexity index is 1380. The Labute approximate surface area is 201 Å². The van der Waals surface area contributed by atoms with E-state index in [1.165, 1.54) is 4.88 Å². The van der Waals surface area contributed by atoms with Gasteiger partial charge in [-0.3, -0.25) is 14.4 Å². The molecule has 0 bridgehead atoms. The van der Waals surface area contributed by atoms with Crippen molar-refractivity contribution in [2.45, 2.75) is 40.3 Å². The maximum atomic E-state index is 12.0. The SMILES string of the molecule is Cc1sc2c(c1C)C(c1ccc(NCc3ccco3)cc1)=N[C@@H](C(C)C(=O)O)c1nnc(C)n1-2. The van der Waals surface area contributed by atoms with Gasteiger partial charge in [0.25, 0.3) is 0 Å². The van der Waals surface area contributed by atoms with Crippen molar-refractivity contribution >= 4 is 28.7 Å². The van der Waals surface area contributed by atoms with Gasteiger partial charge in [-0.25, -0.2) is 0 Å². The summed E-state index contributed by atoms with van der Waals surface area (Å²) in [4.78, 5) is 18.2. The number of hydrogen-bond acceptors (Lipinski definition) is 7. The molecule has 174 valence electrons. The third-order valence-corrected chi connectivity index (χ3v) is 7.45. The van der Waals surface area contributed by atoms with Crippen molar-refractivity contribution < 1.29 is 14.3 Å². The molecule has 4 heterocycles. The number of aliphatic carboxylic acids is 1. The summed E-state index contributed by atoms with van der Waals surface area (Å²) >= 11 is 1.65. The molecule has 34 heavy (non-hydrogen) atoms. The van der Waals surface area contributed by atoms with Crippen LogP contribution in [0, 0.1) is 26.7 Å². The molecular formula is C25H25N5O3S. The molecular weight excluding hydrogens is 450 g/mol. The normalized spacial score (nSPS) is 15.8. The highest BCUT2D eigenvalue weighted by molar-refractivity contribution is 7.15. The first-order chi connectivity index (χ1) is 16.3. The van der Waals surface area contributed by atoms with Gasteiger partial charge >= 0.3 is 5.97 Å². The molecule has 1 aromatic carbocycles. The lowest BCUT2D eigenvalue weighted by Crippen LogP contribution is -2.21. The molecule has 8 nitrogen and oxygen atoms in total. The first-order valence-electron chi connectivity index (χ1n) is 11.0. The number of thiophene rings is 1. The first-order valence-corrected chi connectivity index (χ1v) is 11.9. The predicted octanol–water partition coefficient (Wildman–Crippen LogP) is 5.07. The van der Waals surface area contributed by atoms with Crippen LogP contribution in [0.4, 0.5) is 5.69 Å². The van der Waals surface area contributed by atoms with E-state index in [1.54, 1.807) is 24.5 Å². The minimum atomic E-state index is -0.920. The molecule has 9 heteroatoms. The Kier molecular flexibility index (Phi) is 5.57. The van der Waals surface area contributed by atoms with Crippen LogP contribution in [0.2, 0.25) is 0 Å². The maximum absolute atomic E-state index is 12.0. The molecule has 2 N–H and O–H groups in total. The summed E-state index contributed by atoms with van der Waals surface area (Å²) in [5.74, 6) is 0.448. The largest absolute Gasteiger partial charge is 0.481 e. The van der Waals surface area contributed by atoms with E-state index in [-0.39, 0.29) is 0 Å². The number of rotatable bonds is 6. The predicted molar refractivity (Wildman–Crippen MR) is 131 cm³/mol. The number of carboxylic acids is 1. The minimum absolute atomic E-state index is 0.557. The van der Waals surface area contributed by atoms with Gasteiger partial charge in [0.2, 0.25) is 0 Å². The van der Waals surface area contributed by atoms with E-state index in [9.17, 15) is 9.90 Å². The second kappa shape index (κ2) is 8.57. The molecule has 0 saturated heterocycles. The number of nitrogens with zero attached hydrogens (tertiary/aromatic N) is 4. The molecule has 1 unspecified atom stereocenters. The lowest BCUT2D eigenvalue weighted by Gasteiger charge is -2.16. The molecule has 1 aliphatic heterocycles. The monoisotopic (exact) mass is 475 g/mol. The third-order valence-electron chi connectivity index (χ3n) is 6.26. The number of nitrogens with one attached hydrogen (secondary N) is 1. The molecule has 1 aliphatic rings. The Morgan fingerprint density at radius 2 is 1.97 bits per heavy atom. The summed E-state index contributed by atoms with van der Waals surface area (Å²) in [6.07, 6.45) is 1.66. The summed E-state index contributed by atoms with van der Waals surface area (Å²) < 4.78 is 7.36. The highest BCUT2D eigenvalue weighted by atomic mass is 32.1. The van der Waals surface area contributed by atoms with Gasteiger partial charge in [0.15, 0.2) is 5.82 Å². The third kappa shape index (κ3) is 3.71. The Morgan fingerprint density at radius 1 is 1.21 bits per heavy atom. The van der Waals surface area contributed by atoms with E-state index in [4.69, 9.17) is 9.41 Å². The molecule has 4 aromatic rings. The van der Waals surface area contributed by atoms with Crippen LogP contribution in [0.1, 0.15) is 51.9 Å². The van der Waals surface area contributed by atoms with Crippen LogP contribution >= 0.6 is 11.3 Å². The minimum Gasteiger partial charge on any atom is -0.481 e. The quantitative estimate of drug-likeness (QED) is 0.403. The van der Waals surface area contributed by atoms with Crippen LogP contribution in [0.15, 0.2) is 52.1 Å². The first kappa shape index (κ1) is 22.1. The Balaban J connectivity index is 1.61. The molecule has 5 rings (SSSR count). The number of carboxylic acid groups (broad SMARTS) is 1. The van der Waals surface area contributed by atoms with Gasteiger partial charge in [-0.05, 0) is 57.5 Å². The molecule has 0 amide bonds. The molecule has 0 fully saturated rings. The smallest absolute Gasteiger partial charge is 0.308 e. The second-order valence-corrected chi connectivity index (χ2v) is 9.67. The van der Waals surface area contributed by atoms with Crippen molar-refractivity contribution in [2.75, 3.05) is 5.32 Å². The fourth-order valence-corrected chi connectivity index (χ4v) is 5.38. The van der Waals surface area contributed by atoms with Gasteiger partial charge in [-0.2, -0.15) is 0 Å². The number of aliphatic imine (C=N–C) groups is 1. The van der Waals surface area contributed by atoms with Crippen LogP contribution in [-0.2, 0) is 11.3 Å². The van der Waals surface area contributed by atoms with Gasteiger partial charge < -0.3 is 14.8 Å². The standard InChI is InChI=1S/C25H25N5O3S/c1-13-15(3)34-24-20(13)22(17-7-9-18(10-8-17)26-12-19-6-5-11-33-19)27-21(14(2)25(31)32)23-29-28-16(4)30(23)24/h5-11,14,21,26H,12H2,1-4H3,(H,31,32)/t14?,21-/m0/s1. The van der Waals surface area contributed by atoms with E-state index >= 15 is 0 Å². The fraction of sp³-hybridized carbons (Fsp3) is 0.280. The summed E-state index contributed by atoms with van der Waals surface area (Å²) in [6, 6.07) is 11.2. The summed E-state index contributed by atoms with van der Waals surface area (Å²) in [6.45, 7) is 8.32. The lowest BCUT2D eigenvalue weighted by atomic mass is 9.98. The maximum Gasteiger partial charge on any atom is 0.308 e. The van der Waals surface area contributed by atoms with Gasteiger partial charge in [0, 0.05) is 21.7 Å². The van der Waals surface area contributed by atoms with Crippen molar-refractivity contribution in [3.05, 3.63) is 81.6 Å². The Morgan fingerprint density at radius 3 is 2.65 bits per heavy atom. The van der Waals surface area contributed by atoms with Crippen LogP contribution < -0.4 is 5.32 Å². The number of aromatic nitrogens is 3. The van der Waals surface area contributed by atoms with Gasteiger partial charge in [0.05, 0.1) is 24.4 Å². The zero-order chi connectivity index (χ0) is 24.0. The lowest BCUT2D eigenvalue weighted by molar-refractivity contribution is -0.141. The van der Waals surface area contributed by atoms with E-state index in [0.29, 0.717) is 18.2 Å². The van der Waals surface area contributed by atoms with Crippen molar-refractivity contribution in [1.82, 2.24) is 14.8 Å².